The molecular formula is C23H25FN2S. The molecule has 0 aliphatic carbocycles. The van der Waals surface area contributed by atoms with Crippen LogP contribution < -0.4 is 5.73 Å². The third kappa shape index (κ3) is 3.70. The zero-order valence-corrected chi connectivity index (χ0v) is 17.3. The number of nitrogens with zero attached hydrogens (tertiary/aromatic N) is 1. The van der Waals surface area contributed by atoms with Gasteiger partial charge in [0.2, 0.25) is 0 Å². The highest BCUT2D eigenvalue weighted by Crippen LogP contribution is 2.38. The summed E-state index contributed by atoms with van der Waals surface area (Å²) in [5.41, 5.74) is 7.53. The van der Waals surface area contributed by atoms with E-state index in [-0.39, 0.29) is 17.3 Å². The summed E-state index contributed by atoms with van der Waals surface area (Å²) in [7, 11) is 0. The van der Waals surface area contributed by atoms with Crippen molar-refractivity contribution in [2.45, 2.75) is 47.1 Å². The van der Waals surface area contributed by atoms with Gasteiger partial charge in [-0.15, -0.1) is 17.3 Å². The Balaban J connectivity index is 2.19. The van der Waals surface area contributed by atoms with E-state index in [2.05, 4.69) is 57.7 Å². The molecule has 0 fully saturated rings. The van der Waals surface area contributed by atoms with Crippen LogP contribution in [0.4, 0.5) is 4.39 Å². The number of amidine groups is 1. The normalized spacial score (nSPS) is 13.6. The maximum atomic E-state index is 15.1. The molecular weight excluding hydrogens is 355 g/mol. The average Bonchev–Trinajstić information content (AvgIpc) is 2.99. The first-order chi connectivity index (χ1) is 12.8. The van der Waals surface area contributed by atoms with Gasteiger partial charge in [0.1, 0.15) is 5.82 Å². The highest BCUT2D eigenvalue weighted by molar-refractivity contribution is 7.25. The maximum Gasteiger partial charge on any atom is 0.148 e. The van der Waals surface area contributed by atoms with E-state index in [1.807, 2.05) is 6.07 Å². The molecule has 0 bridgehead atoms. The van der Waals surface area contributed by atoms with E-state index in [1.54, 1.807) is 24.3 Å². The van der Waals surface area contributed by atoms with Crippen molar-refractivity contribution in [1.29, 1.82) is 0 Å². The van der Waals surface area contributed by atoms with Crippen LogP contribution in [0.1, 0.15) is 58.2 Å². The van der Waals surface area contributed by atoms with E-state index in [0.29, 0.717) is 16.8 Å². The molecule has 2 nitrogen and oxygen atoms in total. The van der Waals surface area contributed by atoms with Gasteiger partial charge in [0.05, 0.1) is 17.4 Å². The van der Waals surface area contributed by atoms with Gasteiger partial charge in [-0.05, 0) is 43.2 Å². The summed E-state index contributed by atoms with van der Waals surface area (Å²) >= 11 is 1.60. The zero-order chi connectivity index (χ0) is 19.8. The van der Waals surface area contributed by atoms with Crippen molar-refractivity contribution in [3.8, 4) is 11.8 Å². The smallest absolute Gasteiger partial charge is 0.148 e. The number of halogens is 1. The first-order valence-electron chi connectivity index (χ1n) is 9.17. The van der Waals surface area contributed by atoms with Gasteiger partial charge < -0.3 is 5.73 Å². The topological polar surface area (TPSA) is 38.4 Å². The van der Waals surface area contributed by atoms with Crippen molar-refractivity contribution in [1.82, 2.24) is 0 Å². The molecule has 3 aromatic rings. The quantitative estimate of drug-likeness (QED) is 0.318. The van der Waals surface area contributed by atoms with E-state index < -0.39 is 0 Å². The van der Waals surface area contributed by atoms with Crippen molar-refractivity contribution in [3.05, 3.63) is 47.3 Å². The van der Waals surface area contributed by atoms with Crippen LogP contribution in [-0.2, 0) is 0 Å². The minimum Gasteiger partial charge on any atom is -0.387 e. The number of hydrogen-bond acceptors (Lipinski definition) is 2. The molecule has 1 heterocycles. The van der Waals surface area contributed by atoms with Crippen molar-refractivity contribution in [2.24, 2.45) is 16.1 Å². The summed E-state index contributed by atoms with van der Waals surface area (Å²) in [6, 6.07) is 9.88. The second-order valence-electron chi connectivity index (χ2n) is 7.72. The Morgan fingerprint density at radius 1 is 1.22 bits per heavy atom. The molecule has 0 saturated heterocycles. The molecule has 0 saturated carbocycles. The van der Waals surface area contributed by atoms with Crippen molar-refractivity contribution in [3.63, 3.8) is 0 Å². The van der Waals surface area contributed by atoms with E-state index in [9.17, 15) is 0 Å². The fourth-order valence-electron chi connectivity index (χ4n) is 3.05. The Kier molecular flexibility index (Phi) is 5.26. The lowest BCUT2D eigenvalue weighted by molar-refractivity contribution is 0.569. The molecule has 140 valence electrons. The Morgan fingerprint density at radius 3 is 2.56 bits per heavy atom. The van der Waals surface area contributed by atoms with Gasteiger partial charge in [-0.1, -0.05) is 39.7 Å². The monoisotopic (exact) mass is 380 g/mol. The Hall–Kier alpha value is -2.38. The predicted molar refractivity (Wildman–Crippen MR) is 116 cm³/mol. The molecule has 0 amide bonds. The standard InChI is InChI=1S/C23H25FN2S/c1-6-8-14-9-12-19-20(21(14)24)16-13-15(10-11-18(16)27-19)17(7-2)26-22(25)23(3,4)5/h9-13,17H,7H2,1-5H3,(H2,25,26). The van der Waals surface area contributed by atoms with Crippen molar-refractivity contribution < 1.29 is 4.39 Å². The number of fused-ring (bicyclic) bond motifs is 3. The lowest BCUT2D eigenvalue weighted by atomic mass is 9.94. The van der Waals surface area contributed by atoms with Gasteiger partial charge in [0, 0.05) is 25.6 Å². The lowest BCUT2D eigenvalue weighted by Crippen LogP contribution is -2.29. The second kappa shape index (κ2) is 7.32. The number of benzene rings is 2. The van der Waals surface area contributed by atoms with Gasteiger partial charge in [-0.3, -0.25) is 4.99 Å². The van der Waals surface area contributed by atoms with Gasteiger partial charge in [-0.25, -0.2) is 4.39 Å². The number of thiophene rings is 1. The van der Waals surface area contributed by atoms with Crippen LogP contribution in [0.25, 0.3) is 20.2 Å². The van der Waals surface area contributed by atoms with Crippen LogP contribution in [0.3, 0.4) is 0 Å². The van der Waals surface area contributed by atoms with Crippen LogP contribution in [0.5, 0.6) is 0 Å². The first kappa shape index (κ1) is 19.4. The lowest BCUT2D eigenvalue weighted by Gasteiger charge is -2.20. The van der Waals surface area contributed by atoms with Gasteiger partial charge >= 0.3 is 0 Å². The van der Waals surface area contributed by atoms with Gasteiger partial charge in [0.15, 0.2) is 0 Å². The molecule has 3 rings (SSSR count). The van der Waals surface area contributed by atoms with Crippen LogP contribution in [-0.4, -0.2) is 5.84 Å². The SMILES string of the molecule is CC#Cc1ccc2sc3ccc(C(CC)N=C(N)C(C)(C)C)cc3c2c1F. The van der Waals surface area contributed by atoms with Gasteiger partial charge in [0.25, 0.3) is 0 Å². The van der Waals surface area contributed by atoms with E-state index in [0.717, 1.165) is 26.8 Å². The highest BCUT2D eigenvalue weighted by atomic mass is 32.1. The molecule has 27 heavy (non-hydrogen) atoms. The third-order valence-corrected chi connectivity index (χ3v) is 5.83. The molecule has 0 aliphatic rings. The molecule has 0 radical (unpaired) electrons. The third-order valence-electron chi connectivity index (χ3n) is 4.69. The maximum absolute atomic E-state index is 15.1. The summed E-state index contributed by atoms with van der Waals surface area (Å²) in [6.45, 7) is 9.98. The summed E-state index contributed by atoms with van der Waals surface area (Å²) in [6.07, 6.45) is 0.833. The second-order valence-corrected chi connectivity index (χ2v) is 8.81. The van der Waals surface area contributed by atoms with Crippen LogP contribution in [0.15, 0.2) is 35.3 Å². The Labute approximate surface area is 164 Å². The zero-order valence-electron chi connectivity index (χ0n) is 16.5. The van der Waals surface area contributed by atoms with Gasteiger partial charge in [-0.2, -0.15) is 0 Å². The van der Waals surface area contributed by atoms with Crippen LogP contribution in [0.2, 0.25) is 0 Å². The largest absolute Gasteiger partial charge is 0.387 e. The Bertz CT molecular complexity index is 1090. The van der Waals surface area contributed by atoms with Crippen LogP contribution >= 0.6 is 11.3 Å². The number of nitrogens with two attached hydrogens (primary N) is 1. The average molecular weight is 381 g/mol. The molecule has 4 heteroatoms. The number of aliphatic imine (C=N–C) groups is 1. The minimum atomic E-state index is -0.240. The van der Waals surface area contributed by atoms with Crippen LogP contribution in [0, 0.1) is 23.1 Å². The number of hydrogen-bond donors (Lipinski definition) is 1. The highest BCUT2D eigenvalue weighted by Gasteiger charge is 2.19. The van der Waals surface area contributed by atoms with Crippen molar-refractivity contribution in [2.75, 3.05) is 0 Å². The van der Waals surface area contributed by atoms with E-state index in [1.165, 1.54) is 0 Å². The molecule has 0 aliphatic heterocycles. The molecule has 2 N–H and O–H groups in total. The molecule has 1 aromatic heterocycles. The molecule has 1 atom stereocenters. The summed E-state index contributed by atoms with van der Waals surface area (Å²) < 4.78 is 17.1. The van der Waals surface area contributed by atoms with Crippen molar-refractivity contribution >= 4 is 37.3 Å². The molecule has 0 spiro atoms. The number of rotatable bonds is 3. The fraction of sp³-hybridized carbons (Fsp3) is 0.348. The first-order valence-corrected chi connectivity index (χ1v) is 9.99. The predicted octanol–water partition coefficient (Wildman–Crippen LogP) is 6.42. The summed E-state index contributed by atoms with van der Waals surface area (Å²) in [5, 5.41) is 1.58. The summed E-state index contributed by atoms with van der Waals surface area (Å²) in [4.78, 5) is 4.76. The summed E-state index contributed by atoms with van der Waals surface area (Å²) in [5.74, 6) is 6.04. The molecule has 1 unspecified atom stereocenters. The molecule has 2 aromatic carbocycles. The van der Waals surface area contributed by atoms with E-state index in [4.69, 9.17) is 10.7 Å². The Morgan fingerprint density at radius 2 is 1.93 bits per heavy atom. The van der Waals surface area contributed by atoms with E-state index >= 15 is 4.39 Å². The fourth-order valence-corrected chi connectivity index (χ4v) is 4.13. The minimum absolute atomic E-state index is 0.0368.